The number of carboxylic acid groups (broad SMARTS) is 1. The van der Waals surface area contributed by atoms with E-state index < -0.39 is 5.97 Å². The first-order valence-corrected chi connectivity index (χ1v) is 7.38. The van der Waals surface area contributed by atoms with Gasteiger partial charge in [-0.3, -0.25) is 0 Å². The third-order valence-electron chi connectivity index (χ3n) is 3.85. The highest BCUT2D eigenvalue weighted by Crippen LogP contribution is 2.16. The van der Waals surface area contributed by atoms with Crippen molar-refractivity contribution in [2.24, 2.45) is 5.92 Å². The quantitative estimate of drug-likeness (QED) is 0.731. The van der Waals surface area contributed by atoms with Gasteiger partial charge in [-0.2, -0.15) is 0 Å². The summed E-state index contributed by atoms with van der Waals surface area (Å²) in [6, 6.07) is 3.28. The molecule has 0 spiro atoms. The summed E-state index contributed by atoms with van der Waals surface area (Å²) in [4.78, 5) is 17.7. The van der Waals surface area contributed by atoms with E-state index in [1.165, 1.54) is 0 Å². The fourth-order valence-electron chi connectivity index (χ4n) is 2.70. The van der Waals surface area contributed by atoms with Crippen molar-refractivity contribution in [3.05, 3.63) is 23.4 Å². The minimum atomic E-state index is -0.969. The molecule has 0 bridgehead atoms. The van der Waals surface area contributed by atoms with Gasteiger partial charge in [-0.15, -0.1) is 0 Å². The summed E-state index contributed by atoms with van der Waals surface area (Å²) >= 11 is 0. The SMILES string of the molecule is Cc1ccc(C(=O)O)c(NCCN2CCCC(CO)C2)n1. The molecule has 0 aromatic carbocycles. The van der Waals surface area contributed by atoms with Crippen molar-refractivity contribution in [1.82, 2.24) is 9.88 Å². The Labute approximate surface area is 124 Å². The summed E-state index contributed by atoms with van der Waals surface area (Å²) in [5, 5.41) is 21.5. The second kappa shape index (κ2) is 7.38. The van der Waals surface area contributed by atoms with Gasteiger partial charge in [-0.05, 0) is 44.4 Å². The van der Waals surface area contributed by atoms with Crippen LogP contribution < -0.4 is 5.32 Å². The number of aliphatic hydroxyl groups excluding tert-OH is 1. The Morgan fingerprint density at radius 3 is 3.05 bits per heavy atom. The third kappa shape index (κ3) is 4.41. The number of hydrogen-bond acceptors (Lipinski definition) is 5. The van der Waals surface area contributed by atoms with E-state index >= 15 is 0 Å². The molecule has 21 heavy (non-hydrogen) atoms. The molecular weight excluding hydrogens is 270 g/mol. The molecule has 1 aliphatic rings. The van der Waals surface area contributed by atoms with Crippen molar-refractivity contribution >= 4 is 11.8 Å². The minimum Gasteiger partial charge on any atom is -0.478 e. The summed E-state index contributed by atoms with van der Waals surface area (Å²) in [7, 11) is 0. The van der Waals surface area contributed by atoms with Crippen molar-refractivity contribution in [2.75, 3.05) is 38.1 Å². The summed E-state index contributed by atoms with van der Waals surface area (Å²) in [5.41, 5.74) is 0.994. The number of carbonyl (C=O) groups is 1. The number of aromatic nitrogens is 1. The number of aryl methyl sites for hydroxylation is 1. The average Bonchev–Trinajstić information content (AvgIpc) is 2.47. The molecule has 0 radical (unpaired) electrons. The van der Waals surface area contributed by atoms with Crippen molar-refractivity contribution < 1.29 is 15.0 Å². The van der Waals surface area contributed by atoms with Gasteiger partial charge in [0.05, 0.1) is 0 Å². The molecule has 6 nitrogen and oxygen atoms in total. The smallest absolute Gasteiger partial charge is 0.339 e. The maximum Gasteiger partial charge on any atom is 0.339 e. The molecule has 3 N–H and O–H groups in total. The van der Waals surface area contributed by atoms with E-state index in [2.05, 4.69) is 15.2 Å². The van der Waals surface area contributed by atoms with Crippen LogP contribution >= 0.6 is 0 Å². The lowest BCUT2D eigenvalue weighted by Crippen LogP contribution is -2.39. The number of aliphatic hydroxyl groups is 1. The molecule has 1 aromatic rings. The molecule has 0 amide bonds. The number of hydrogen-bond donors (Lipinski definition) is 3. The van der Waals surface area contributed by atoms with Crippen molar-refractivity contribution in [3.8, 4) is 0 Å². The molecule has 1 aromatic heterocycles. The second-order valence-corrected chi connectivity index (χ2v) is 5.57. The highest BCUT2D eigenvalue weighted by molar-refractivity contribution is 5.93. The maximum atomic E-state index is 11.2. The first-order valence-electron chi connectivity index (χ1n) is 7.38. The third-order valence-corrected chi connectivity index (χ3v) is 3.85. The normalized spacial score (nSPS) is 19.4. The lowest BCUT2D eigenvalue weighted by Gasteiger charge is -2.31. The number of piperidine rings is 1. The largest absolute Gasteiger partial charge is 0.478 e. The Hall–Kier alpha value is -1.66. The molecule has 6 heteroatoms. The first-order chi connectivity index (χ1) is 10.1. The summed E-state index contributed by atoms with van der Waals surface area (Å²) in [5.74, 6) is -0.174. The van der Waals surface area contributed by atoms with Crippen LogP contribution in [0.1, 0.15) is 28.9 Å². The fraction of sp³-hybridized carbons (Fsp3) is 0.600. The molecule has 2 rings (SSSR count). The Morgan fingerprint density at radius 2 is 2.33 bits per heavy atom. The van der Waals surface area contributed by atoms with E-state index in [1.807, 2.05) is 6.92 Å². The molecule has 0 aliphatic carbocycles. The summed E-state index contributed by atoms with van der Waals surface area (Å²) in [6.45, 7) is 5.50. The zero-order valence-corrected chi connectivity index (χ0v) is 12.4. The van der Waals surface area contributed by atoms with E-state index in [9.17, 15) is 9.90 Å². The molecule has 1 unspecified atom stereocenters. The predicted molar refractivity (Wildman–Crippen MR) is 80.7 cm³/mol. The summed E-state index contributed by atoms with van der Waals surface area (Å²) < 4.78 is 0. The molecule has 1 atom stereocenters. The van der Waals surface area contributed by atoms with E-state index in [1.54, 1.807) is 12.1 Å². The number of pyridine rings is 1. The van der Waals surface area contributed by atoms with Gasteiger partial charge >= 0.3 is 5.97 Å². The fourth-order valence-corrected chi connectivity index (χ4v) is 2.70. The molecule has 1 fully saturated rings. The van der Waals surface area contributed by atoms with Crippen LogP contribution in [0.4, 0.5) is 5.82 Å². The highest BCUT2D eigenvalue weighted by Gasteiger charge is 2.19. The predicted octanol–water partition coefficient (Wildman–Crippen LogP) is 1.20. The topological polar surface area (TPSA) is 85.7 Å². The molecule has 2 heterocycles. The van der Waals surface area contributed by atoms with E-state index in [0.717, 1.165) is 38.2 Å². The Morgan fingerprint density at radius 1 is 1.52 bits per heavy atom. The Bertz CT molecular complexity index is 493. The van der Waals surface area contributed by atoms with E-state index in [0.29, 0.717) is 18.3 Å². The number of nitrogens with one attached hydrogen (secondary N) is 1. The molecule has 1 aliphatic heterocycles. The number of nitrogens with zero attached hydrogens (tertiary/aromatic N) is 2. The average molecular weight is 293 g/mol. The number of carboxylic acids is 1. The number of aromatic carboxylic acids is 1. The number of rotatable bonds is 6. The van der Waals surface area contributed by atoms with Crippen LogP contribution in [0.25, 0.3) is 0 Å². The van der Waals surface area contributed by atoms with Gasteiger partial charge in [0.1, 0.15) is 11.4 Å². The zero-order valence-electron chi connectivity index (χ0n) is 12.4. The van der Waals surface area contributed by atoms with Gasteiger partial charge in [0.25, 0.3) is 0 Å². The van der Waals surface area contributed by atoms with Crippen LogP contribution in [0.15, 0.2) is 12.1 Å². The van der Waals surface area contributed by atoms with Gasteiger partial charge in [-0.25, -0.2) is 9.78 Å². The molecule has 1 saturated heterocycles. The van der Waals surface area contributed by atoms with Crippen molar-refractivity contribution in [2.45, 2.75) is 19.8 Å². The van der Waals surface area contributed by atoms with Gasteiger partial charge in [-0.1, -0.05) is 0 Å². The van der Waals surface area contributed by atoms with Crippen LogP contribution in [-0.4, -0.2) is 58.9 Å². The van der Waals surface area contributed by atoms with E-state index in [-0.39, 0.29) is 12.2 Å². The number of likely N-dealkylation sites (tertiary alicyclic amines) is 1. The Balaban J connectivity index is 1.88. The lowest BCUT2D eigenvalue weighted by atomic mass is 9.99. The van der Waals surface area contributed by atoms with Crippen molar-refractivity contribution in [3.63, 3.8) is 0 Å². The van der Waals surface area contributed by atoms with Crippen LogP contribution in [-0.2, 0) is 0 Å². The standard InChI is InChI=1S/C15H23N3O3/c1-11-4-5-13(15(20)21)14(17-11)16-6-8-18-7-2-3-12(9-18)10-19/h4-5,12,19H,2-3,6-10H2,1H3,(H,16,17)(H,20,21). The zero-order chi connectivity index (χ0) is 15.2. The van der Waals surface area contributed by atoms with E-state index in [4.69, 9.17) is 5.11 Å². The lowest BCUT2D eigenvalue weighted by molar-refractivity contribution is 0.0697. The first kappa shape index (κ1) is 15.7. The molecule has 0 saturated carbocycles. The van der Waals surface area contributed by atoms with Gasteiger partial charge in [0.2, 0.25) is 0 Å². The minimum absolute atomic E-state index is 0.201. The highest BCUT2D eigenvalue weighted by atomic mass is 16.4. The van der Waals surface area contributed by atoms with Gasteiger partial charge in [0.15, 0.2) is 0 Å². The number of anilines is 1. The second-order valence-electron chi connectivity index (χ2n) is 5.57. The van der Waals surface area contributed by atoms with Gasteiger partial charge in [0, 0.05) is 31.9 Å². The van der Waals surface area contributed by atoms with Crippen LogP contribution in [0.5, 0.6) is 0 Å². The van der Waals surface area contributed by atoms with Crippen LogP contribution in [0, 0.1) is 12.8 Å². The van der Waals surface area contributed by atoms with Crippen LogP contribution in [0.3, 0.4) is 0 Å². The summed E-state index contributed by atoms with van der Waals surface area (Å²) in [6.07, 6.45) is 2.19. The molecule has 116 valence electrons. The van der Waals surface area contributed by atoms with Crippen molar-refractivity contribution in [1.29, 1.82) is 0 Å². The maximum absolute atomic E-state index is 11.2. The Kier molecular flexibility index (Phi) is 5.52. The van der Waals surface area contributed by atoms with Gasteiger partial charge < -0.3 is 20.4 Å². The monoisotopic (exact) mass is 293 g/mol. The van der Waals surface area contributed by atoms with Crippen LogP contribution in [0.2, 0.25) is 0 Å². The molecular formula is C15H23N3O3.